The lowest BCUT2D eigenvalue weighted by molar-refractivity contribution is -0.113. The Morgan fingerprint density at radius 2 is 1.36 bits per heavy atom. The lowest BCUT2D eigenvalue weighted by Crippen LogP contribution is -2.14. The Bertz CT molecular complexity index is 1720. The molecule has 0 spiro atoms. The number of thioether (sulfide) groups is 1. The first kappa shape index (κ1) is 34.4. The number of rotatable bonds is 16. The minimum atomic E-state index is -0.251. The van der Waals surface area contributed by atoms with E-state index in [-0.39, 0.29) is 17.4 Å². The van der Waals surface area contributed by atoms with Gasteiger partial charge in [-0.3, -0.25) is 14.2 Å². The maximum atomic E-state index is 12.8. The smallest absolute Gasteiger partial charge is 0.234 e. The first-order valence-electron chi connectivity index (χ1n) is 14.2. The van der Waals surface area contributed by atoms with Gasteiger partial charge < -0.3 is 33.7 Å². The normalized spacial score (nSPS) is 10.8. The zero-order chi connectivity index (χ0) is 33.9. The van der Waals surface area contributed by atoms with Gasteiger partial charge in [-0.1, -0.05) is 23.9 Å². The van der Waals surface area contributed by atoms with Crippen LogP contribution in [-0.4, -0.2) is 74.9 Å². The van der Waals surface area contributed by atoms with Gasteiger partial charge in [0.25, 0.3) is 0 Å². The van der Waals surface area contributed by atoms with Crippen molar-refractivity contribution in [1.82, 2.24) is 14.8 Å². The Labute approximate surface area is 277 Å². The Morgan fingerprint density at radius 3 is 1.87 bits per heavy atom. The van der Waals surface area contributed by atoms with Crippen LogP contribution in [0.3, 0.4) is 0 Å². The van der Waals surface area contributed by atoms with Crippen molar-refractivity contribution in [3.8, 4) is 45.9 Å². The Hall–Kier alpha value is -5.43. The van der Waals surface area contributed by atoms with E-state index in [4.69, 9.17) is 28.4 Å². The first-order chi connectivity index (χ1) is 22.8. The molecule has 47 heavy (non-hydrogen) atoms. The Morgan fingerprint density at radius 1 is 0.809 bits per heavy atom. The summed E-state index contributed by atoms with van der Waals surface area (Å²) in [5.74, 6) is 3.01. The zero-order valence-corrected chi connectivity index (χ0v) is 27.8. The Kier molecular flexibility index (Phi) is 11.9. The molecule has 0 saturated carbocycles. The van der Waals surface area contributed by atoms with E-state index in [9.17, 15) is 9.59 Å². The minimum Gasteiger partial charge on any atom is -0.493 e. The number of nitrogens with one attached hydrogen (secondary N) is 1. The summed E-state index contributed by atoms with van der Waals surface area (Å²) in [7, 11) is 9.19. The van der Waals surface area contributed by atoms with Crippen LogP contribution in [0.2, 0.25) is 0 Å². The average molecular weight is 661 g/mol. The fourth-order valence-electron chi connectivity index (χ4n) is 4.62. The van der Waals surface area contributed by atoms with Gasteiger partial charge in [-0.05, 0) is 60.2 Å². The number of allylic oxidation sites excluding steroid dienone is 2. The molecule has 0 bridgehead atoms. The van der Waals surface area contributed by atoms with Crippen LogP contribution in [-0.2, 0) is 11.3 Å². The minimum absolute atomic E-state index is 0.0722. The van der Waals surface area contributed by atoms with E-state index >= 15 is 0 Å². The van der Waals surface area contributed by atoms with E-state index in [2.05, 4.69) is 22.1 Å². The van der Waals surface area contributed by atoms with Crippen molar-refractivity contribution in [1.29, 1.82) is 0 Å². The monoisotopic (exact) mass is 660 g/mol. The number of carbonyl (C=O) groups excluding carboxylic acids is 2. The summed E-state index contributed by atoms with van der Waals surface area (Å²) in [4.78, 5) is 25.7. The standard InChI is InChI=1S/C34H36N4O8S/c1-8-15-38-33(23-18-28(43-4)32(46-7)29(19-23)44-5)36-37-34(38)47-20-30(40)35-24-12-10-22(11-13-24)25(39)14-9-21-16-26(41-2)31(45-6)27(17-21)42-3/h8-14,16-19H,1,15,20H2,2-7H3,(H,35,40)/b14-9+. The van der Waals surface area contributed by atoms with E-state index in [0.29, 0.717) is 74.4 Å². The highest BCUT2D eigenvalue weighted by Gasteiger charge is 2.20. The van der Waals surface area contributed by atoms with Crippen LogP contribution in [0.4, 0.5) is 5.69 Å². The number of methoxy groups -OCH3 is 6. The Balaban J connectivity index is 1.41. The molecular formula is C34H36N4O8S. The second-order valence-corrected chi connectivity index (χ2v) is 10.6. The molecule has 0 saturated heterocycles. The van der Waals surface area contributed by atoms with Gasteiger partial charge in [-0.25, -0.2) is 0 Å². The molecule has 0 aliphatic heterocycles. The highest BCUT2D eigenvalue weighted by molar-refractivity contribution is 7.99. The molecule has 0 unspecified atom stereocenters. The fraction of sp³-hybridized carbons (Fsp3) is 0.235. The molecule has 0 aliphatic rings. The summed E-state index contributed by atoms with van der Waals surface area (Å²) in [6.45, 7) is 4.26. The average Bonchev–Trinajstić information content (AvgIpc) is 3.50. The third kappa shape index (κ3) is 8.05. The van der Waals surface area contributed by atoms with Gasteiger partial charge in [0, 0.05) is 23.4 Å². The van der Waals surface area contributed by atoms with Crippen molar-refractivity contribution in [3.05, 3.63) is 78.4 Å². The van der Waals surface area contributed by atoms with Gasteiger partial charge in [0.2, 0.25) is 17.4 Å². The van der Waals surface area contributed by atoms with Gasteiger partial charge in [0.15, 0.2) is 39.8 Å². The van der Waals surface area contributed by atoms with E-state index in [1.54, 1.807) is 60.7 Å². The van der Waals surface area contributed by atoms with E-state index in [0.717, 1.165) is 0 Å². The summed E-state index contributed by atoms with van der Waals surface area (Å²) in [5.41, 5.74) is 2.40. The molecule has 12 nitrogen and oxygen atoms in total. The van der Waals surface area contributed by atoms with Crippen molar-refractivity contribution in [2.45, 2.75) is 11.7 Å². The van der Waals surface area contributed by atoms with Crippen LogP contribution in [0.5, 0.6) is 34.5 Å². The number of aromatic nitrogens is 3. The van der Waals surface area contributed by atoms with Crippen molar-refractivity contribution < 1.29 is 38.0 Å². The lowest BCUT2D eigenvalue weighted by Gasteiger charge is -2.14. The van der Waals surface area contributed by atoms with Crippen molar-refractivity contribution in [3.63, 3.8) is 0 Å². The highest BCUT2D eigenvalue weighted by Crippen LogP contribution is 2.41. The van der Waals surface area contributed by atoms with Crippen LogP contribution in [0.1, 0.15) is 15.9 Å². The SMILES string of the molecule is C=CCn1c(SCC(=O)Nc2ccc(C(=O)/C=C/c3cc(OC)c(OC)c(OC)c3)cc2)nnc1-c1cc(OC)c(OC)c(OC)c1. The quantitative estimate of drug-likeness (QED) is 0.0676. The van der Waals surface area contributed by atoms with Crippen molar-refractivity contribution in [2.75, 3.05) is 53.7 Å². The molecule has 4 aromatic rings. The van der Waals surface area contributed by atoms with E-state index in [1.807, 2.05) is 4.57 Å². The zero-order valence-electron chi connectivity index (χ0n) is 27.0. The molecular weight excluding hydrogens is 624 g/mol. The molecule has 1 aromatic heterocycles. The molecule has 13 heteroatoms. The lowest BCUT2D eigenvalue weighted by atomic mass is 10.1. The van der Waals surface area contributed by atoms with Gasteiger partial charge in [-0.2, -0.15) is 0 Å². The number of nitrogens with zero attached hydrogens (tertiary/aromatic N) is 3. The number of hydrogen-bond donors (Lipinski definition) is 1. The number of ether oxygens (including phenoxy) is 6. The third-order valence-corrected chi connectivity index (χ3v) is 7.82. The second kappa shape index (κ2) is 16.2. The van der Waals surface area contributed by atoms with Crippen molar-refractivity contribution in [2.24, 2.45) is 0 Å². The largest absolute Gasteiger partial charge is 0.493 e. The first-order valence-corrected chi connectivity index (χ1v) is 15.2. The number of hydrogen-bond acceptors (Lipinski definition) is 11. The van der Waals surface area contributed by atoms with E-state index in [1.165, 1.54) is 60.5 Å². The topological polar surface area (TPSA) is 132 Å². The van der Waals surface area contributed by atoms with Crippen LogP contribution in [0, 0.1) is 0 Å². The number of benzene rings is 3. The molecule has 3 aromatic carbocycles. The molecule has 246 valence electrons. The maximum absolute atomic E-state index is 12.8. The summed E-state index contributed by atoms with van der Waals surface area (Å²) < 4.78 is 34.3. The van der Waals surface area contributed by atoms with Crippen LogP contribution < -0.4 is 33.7 Å². The number of anilines is 1. The summed E-state index contributed by atoms with van der Waals surface area (Å²) in [6, 6.07) is 13.7. The molecule has 0 fully saturated rings. The third-order valence-electron chi connectivity index (χ3n) is 6.85. The molecule has 1 amide bonds. The summed E-state index contributed by atoms with van der Waals surface area (Å²) in [6.07, 6.45) is 4.84. The van der Waals surface area contributed by atoms with E-state index < -0.39 is 0 Å². The molecule has 1 N–H and O–H groups in total. The molecule has 0 atom stereocenters. The van der Waals surface area contributed by atoms with Gasteiger partial charge in [-0.15, -0.1) is 16.8 Å². The highest BCUT2D eigenvalue weighted by atomic mass is 32.2. The predicted molar refractivity (Wildman–Crippen MR) is 181 cm³/mol. The number of carbonyl (C=O) groups is 2. The van der Waals surface area contributed by atoms with Gasteiger partial charge >= 0.3 is 0 Å². The molecule has 0 radical (unpaired) electrons. The summed E-state index contributed by atoms with van der Waals surface area (Å²) >= 11 is 1.23. The van der Waals surface area contributed by atoms with Gasteiger partial charge in [0.05, 0.1) is 48.4 Å². The predicted octanol–water partition coefficient (Wildman–Crippen LogP) is 5.81. The molecule has 4 rings (SSSR count). The van der Waals surface area contributed by atoms with Gasteiger partial charge in [0.1, 0.15) is 0 Å². The van der Waals surface area contributed by atoms with Crippen LogP contribution in [0.15, 0.2) is 72.4 Å². The fourth-order valence-corrected chi connectivity index (χ4v) is 5.37. The summed E-state index contributed by atoms with van der Waals surface area (Å²) in [5, 5.41) is 12.1. The number of ketones is 1. The van der Waals surface area contributed by atoms with Crippen LogP contribution in [0.25, 0.3) is 17.5 Å². The second-order valence-electron chi connectivity index (χ2n) is 9.69. The van der Waals surface area contributed by atoms with Crippen LogP contribution >= 0.6 is 11.8 Å². The molecule has 1 heterocycles. The number of amides is 1. The molecule has 0 aliphatic carbocycles. The maximum Gasteiger partial charge on any atom is 0.234 e. The van der Waals surface area contributed by atoms with Crippen molar-refractivity contribution >= 4 is 35.2 Å².